The fourth-order valence-corrected chi connectivity index (χ4v) is 0. The van der Waals surface area contributed by atoms with Crippen LogP contribution in [0, 0.1) is 0 Å². The molecule has 4 heavy (non-hydrogen) atoms. The Labute approximate surface area is 35.6 Å². The average Bonchev–Trinajstić information content (AvgIpc) is 0.918. The van der Waals surface area contributed by atoms with Crippen LogP contribution in [0.4, 0.5) is 0 Å². The van der Waals surface area contributed by atoms with Crippen molar-refractivity contribution in [2.45, 2.75) is 6.92 Å². The maximum Gasteiger partial charge on any atom is 0 e. The molecule has 0 saturated heterocycles. The van der Waals surface area contributed by atoms with Gasteiger partial charge in [0.05, 0.1) is 0 Å². The largest absolute Gasteiger partial charge is 0.542 e. The summed E-state index contributed by atoms with van der Waals surface area (Å²) in [5, 5.41) is 0. The molecular formula is C2H3CoO-. The van der Waals surface area contributed by atoms with Gasteiger partial charge in [-0.15, -0.1) is 0 Å². The molecule has 0 aromatic carbocycles. The van der Waals surface area contributed by atoms with Crippen molar-refractivity contribution in [3.63, 3.8) is 0 Å². The van der Waals surface area contributed by atoms with Gasteiger partial charge in [-0.1, -0.05) is 0 Å². The molecule has 0 heterocycles. The second-order valence-corrected chi connectivity index (χ2v) is 0.204. The van der Waals surface area contributed by atoms with Crippen molar-refractivity contribution in [1.82, 2.24) is 0 Å². The van der Waals surface area contributed by atoms with Crippen LogP contribution in [0.2, 0.25) is 0 Å². The van der Waals surface area contributed by atoms with Crippen LogP contribution in [0.5, 0.6) is 0 Å². The van der Waals surface area contributed by atoms with Crippen LogP contribution in [0.25, 0.3) is 0 Å². The van der Waals surface area contributed by atoms with Gasteiger partial charge in [-0.2, -0.15) is 6.92 Å². The molecule has 0 aromatic rings. The zero-order chi connectivity index (χ0) is 2.71. The predicted octanol–water partition coefficient (Wildman–Crippen LogP) is 0.113. The van der Waals surface area contributed by atoms with E-state index in [1.807, 2.05) is 0 Å². The van der Waals surface area contributed by atoms with Gasteiger partial charge in [-0.3, -0.25) is 6.29 Å². The van der Waals surface area contributed by atoms with Crippen molar-refractivity contribution in [3.05, 3.63) is 0 Å². The Bertz CT molecular complexity index is 13.5. The van der Waals surface area contributed by atoms with Crippen molar-refractivity contribution >= 4 is 6.29 Å². The summed E-state index contributed by atoms with van der Waals surface area (Å²) < 4.78 is 0. The number of rotatable bonds is 0. The molecule has 0 atom stereocenters. The van der Waals surface area contributed by atoms with Crippen molar-refractivity contribution in [3.8, 4) is 0 Å². The minimum atomic E-state index is 0. The third-order valence-corrected chi connectivity index (χ3v) is 0. The summed E-state index contributed by atoms with van der Waals surface area (Å²) in [6.07, 6.45) is 1.50. The summed E-state index contributed by atoms with van der Waals surface area (Å²) in [5.41, 5.74) is 0. The molecule has 2 heteroatoms. The fraction of sp³-hybridized carbons (Fsp3) is 0.500. The Balaban J connectivity index is 0. The van der Waals surface area contributed by atoms with Crippen molar-refractivity contribution in [2.24, 2.45) is 0 Å². The first-order valence-electron chi connectivity index (χ1n) is 0.704. The normalized spacial score (nSPS) is 3.25. The Hall–Kier alpha value is 0.176. The van der Waals surface area contributed by atoms with Crippen LogP contribution >= 0.6 is 0 Å². The zero-order valence-electron chi connectivity index (χ0n) is 2.24. The molecule has 0 saturated carbocycles. The van der Waals surface area contributed by atoms with Gasteiger partial charge in [0.25, 0.3) is 0 Å². The quantitative estimate of drug-likeness (QED) is 0.397. The summed E-state index contributed by atoms with van der Waals surface area (Å²) in [6.45, 7) is 1.32. The Morgan fingerprint density at radius 1 is 1.75 bits per heavy atom. The Morgan fingerprint density at radius 2 is 1.75 bits per heavy atom. The molecule has 0 aliphatic carbocycles. The first-order chi connectivity index (χ1) is 1.41. The molecule has 0 unspecified atom stereocenters. The van der Waals surface area contributed by atoms with Gasteiger partial charge in [-0.25, -0.2) is 0 Å². The molecule has 0 aromatic heterocycles. The second kappa shape index (κ2) is 10.9. The number of hydrogen-bond acceptors (Lipinski definition) is 1. The molecule has 0 rings (SSSR count). The average molecular weight is 102 g/mol. The molecule has 0 spiro atoms. The van der Waals surface area contributed by atoms with Gasteiger partial charge in [0.2, 0.25) is 0 Å². The van der Waals surface area contributed by atoms with E-state index in [1.165, 1.54) is 13.2 Å². The predicted molar refractivity (Wildman–Crippen MR) is 11.4 cm³/mol. The molecule has 27 valence electrons. The van der Waals surface area contributed by atoms with Gasteiger partial charge in [-0.05, 0) is 0 Å². The van der Waals surface area contributed by atoms with Crippen LogP contribution in [-0.4, -0.2) is 6.29 Å². The Kier molecular flexibility index (Phi) is 24.2. The molecule has 0 amide bonds. The maximum absolute atomic E-state index is 8.68. The summed E-state index contributed by atoms with van der Waals surface area (Å²) in [6, 6.07) is 0. The molecule has 1 radical (unpaired) electrons. The van der Waals surface area contributed by atoms with Crippen LogP contribution in [0.3, 0.4) is 0 Å². The van der Waals surface area contributed by atoms with Crippen LogP contribution in [0.15, 0.2) is 0 Å². The first kappa shape index (κ1) is 8.90. The van der Waals surface area contributed by atoms with E-state index in [2.05, 4.69) is 0 Å². The van der Waals surface area contributed by atoms with E-state index in [1.54, 1.807) is 0 Å². The maximum atomic E-state index is 8.68. The minimum absolute atomic E-state index is 0. The fourth-order valence-electron chi connectivity index (χ4n) is 0. The van der Waals surface area contributed by atoms with E-state index in [0.717, 1.165) is 0 Å². The first-order valence-corrected chi connectivity index (χ1v) is 0.704. The molecule has 0 fully saturated rings. The summed E-state index contributed by atoms with van der Waals surface area (Å²) >= 11 is 0. The summed E-state index contributed by atoms with van der Waals surface area (Å²) in [7, 11) is 0. The monoisotopic (exact) mass is 102 g/mol. The van der Waals surface area contributed by atoms with Crippen molar-refractivity contribution < 1.29 is 21.6 Å². The van der Waals surface area contributed by atoms with E-state index >= 15 is 0 Å². The van der Waals surface area contributed by atoms with Gasteiger partial charge >= 0.3 is 0 Å². The van der Waals surface area contributed by atoms with E-state index in [9.17, 15) is 0 Å². The van der Waals surface area contributed by atoms with E-state index < -0.39 is 0 Å². The molecule has 0 bridgehead atoms. The number of carbonyl (C=O) groups excluding carboxylic acids is 1. The topological polar surface area (TPSA) is 17.1 Å². The SMILES string of the molecule is C[C-]=O.[Co]. The summed E-state index contributed by atoms with van der Waals surface area (Å²) in [5.74, 6) is 0. The van der Waals surface area contributed by atoms with Crippen LogP contribution < -0.4 is 0 Å². The Morgan fingerprint density at radius 3 is 1.75 bits per heavy atom. The van der Waals surface area contributed by atoms with Crippen molar-refractivity contribution in [1.29, 1.82) is 0 Å². The van der Waals surface area contributed by atoms with Crippen molar-refractivity contribution in [2.75, 3.05) is 0 Å². The van der Waals surface area contributed by atoms with E-state index in [0.29, 0.717) is 0 Å². The second-order valence-electron chi connectivity index (χ2n) is 0.204. The third-order valence-electron chi connectivity index (χ3n) is 0. The minimum Gasteiger partial charge on any atom is -0.542 e. The standard InChI is InChI=1S/C2H3O.Co/c1-2-3;/h1H3;/q-1;. The molecular weight excluding hydrogens is 99.0 g/mol. The van der Waals surface area contributed by atoms with Gasteiger partial charge in [0.1, 0.15) is 0 Å². The zero-order valence-corrected chi connectivity index (χ0v) is 3.28. The van der Waals surface area contributed by atoms with E-state index in [-0.39, 0.29) is 16.8 Å². The smallest absolute Gasteiger partial charge is 0 e. The molecule has 1 nitrogen and oxygen atoms in total. The molecule has 0 aliphatic heterocycles. The summed E-state index contributed by atoms with van der Waals surface area (Å²) in [4.78, 5) is 8.68. The van der Waals surface area contributed by atoms with Gasteiger partial charge in [0.15, 0.2) is 0 Å². The van der Waals surface area contributed by atoms with E-state index in [4.69, 9.17) is 4.79 Å². The number of hydrogen-bond donors (Lipinski definition) is 0. The van der Waals surface area contributed by atoms with Gasteiger partial charge in [0, 0.05) is 16.8 Å². The van der Waals surface area contributed by atoms with Crippen LogP contribution in [-0.2, 0) is 21.6 Å². The third kappa shape index (κ3) is 96.7. The molecule has 0 aliphatic rings. The van der Waals surface area contributed by atoms with Gasteiger partial charge < -0.3 is 4.79 Å². The van der Waals surface area contributed by atoms with Crippen LogP contribution in [0.1, 0.15) is 6.92 Å². The molecule has 0 N–H and O–H groups in total.